The Hall–Kier alpha value is -0.850. The summed E-state index contributed by atoms with van der Waals surface area (Å²) in [5.41, 5.74) is 0. The van der Waals surface area contributed by atoms with E-state index in [1.165, 1.54) is 6.20 Å². The molecule has 1 rings (SSSR count). The van der Waals surface area contributed by atoms with E-state index in [0.717, 1.165) is 6.20 Å². The molecule has 1 aromatic rings. The summed E-state index contributed by atoms with van der Waals surface area (Å²) in [5, 5.41) is 0. The van der Waals surface area contributed by atoms with E-state index in [2.05, 4.69) is 30.6 Å². The second-order valence-electron chi connectivity index (χ2n) is 1.70. The number of rotatable bonds is 1. The smallest absolute Gasteiger partial charge is 0.385 e. The summed E-state index contributed by atoms with van der Waals surface area (Å²) in [6.07, 6.45) is -2.39. The molecule has 0 fully saturated rings. The van der Waals surface area contributed by atoms with Gasteiger partial charge in [0, 0.05) is 12.4 Å². The maximum atomic E-state index is 11.6. The van der Waals surface area contributed by atoms with Gasteiger partial charge in [0.25, 0.3) is 5.88 Å². The van der Waals surface area contributed by atoms with Crippen LogP contribution in [0.25, 0.3) is 0 Å². The lowest BCUT2D eigenvalue weighted by Gasteiger charge is -2.07. The van der Waals surface area contributed by atoms with E-state index in [-0.39, 0.29) is 4.60 Å². The van der Waals surface area contributed by atoms with Crippen LogP contribution in [0.5, 0.6) is 5.88 Å². The Balaban J connectivity index is 2.83. The first-order valence-electron chi connectivity index (χ1n) is 2.71. The van der Waals surface area contributed by atoms with E-state index in [9.17, 15) is 13.2 Å². The predicted molar refractivity (Wildman–Crippen MR) is 36.4 cm³/mol. The molecule has 7 heteroatoms. The van der Waals surface area contributed by atoms with E-state index in [0.29, 0.717) is 0 Å². The van der Waals surface area contributed by atoms with E-state index < -0.39 is 12.2 Å². The normalized spacial score (nSPS) is 11.3. The zero-order valence-corrected chi connectivity index (χ0v) is 7.06. The number of ether oxygens (including phenoxy) is 1. The number of aromatic nitrogens is 2. The molecule has 0 aliphatic heterocycles. The van der Waals surface area contributed by atoms with Crippen LogP contribution in [0.3, 0.4) is 0 Å². The maximum absolute atomic E-state index is 11.6. The van der Waals surface area contributed by atoms with Gasteiger partial charge in [-0.3, -0.25) is 0 Å². The average Bonchev–Trinajstić information content (AvgIpc) is 1.91. The van der Waals surface area contributed by atoms with Crippen molar-refractivity contribution in [3.63, 3.8) is 0 Å². The van der Waals surface area contributed by atoms with Gasteiger partial charge in [-0.2, -0.15) is 0 Å². The average molecular weight is 243 g/mol. The minimum atomic E-state index is -4.74. The first-order chi connectivity index (χ1) is 5.49. The summed E-state index contributed by atoms with van der Waals surface area (Å²) in [4.78, 5) is 6.80. The predicted octanol–water partition coefficient (Wildman–Crippen LogP) is 2.14. The molecule has 0 saturated carbocycles. The van der Waals surface area contributed by atoms with Gasteiger partial charge in [0.1, 0.15) is 0 Å². The first-order valence-corrected chi connectivity index (χ1v) is 3.50. The molecule has 0 aliphatic carbocycles. The van der Waals surface area contributed by atoms with Gasteiger partial charge >= 0.3 is 6.36 Å². The van der Waals surface area contributed by atoms with Crippen LogP contribution in [0.1, 0.15) is 0 Å². The van der Waals surface area contributed by atoms with Gasteiger partial charge in [-0.1, -0.05) is 0 Å². The van der Waals surface area contributed by atoms with Gasteiger partial charge < -0.3 is 4.74 Å². The second kappa shape index (κ2) is 3.26. The lowest BCUT2D eigenvalue weighted by Crippen LogP contribution is -2.18. The largest absolute Gasteiger partial charge is 0.574 e. The van der Waals surface area contributed by atoms with E-state index in [4.69, 9.17) is 0 Å². The fourth-order valence-electron chi connectivity index (χ4n) is 0.486. The van der Waals surface area contributed by atoms with E-state index in [1.807, 2.05) is 0 Å². The molecule has 0 atom stereocenters. The maximum Gasteiger partial charge on any atom is 0.574 e. The Labute approximate surface area is 73.7 Å². The summed E-state index contributed by atoms with van der Waals surface area (Å²) in [6.45, 7) is 0. The van der Waals surface area contributed by atoms with Crippen LogP contribution in [-0.4, -0.2) is 16.3 Å². The van der Waals surface area contributed by atoms with Crippen LogP contribution >= 0.6 is 15.9 Å². The van der Waals surface area contributed by atoms with Crippen molar-refractivity contribution in [1.29, 1.82) is 0 Å². The number of nitrogens with zero attached hydrogens (tertiary/aromatic N) is 2. The molecule has 66 valence electrons. The fraction of sp³-hybridized carbons (Fsp3) is 0.200. The Morgan fingerprint density at radius 1 is 1.25 bits per heavy atom. The van der Waals surface area contributed by atoms with Gasteiger partial charge in [0.15, 0.2) is 4.60 Å². The molecule has 0 N–H and O–H groups in total. The minimum Gasteiger partial charge on any atom is -0.385 e. The third kappa shape index (κ3) is 2.65. The van der Waals surface area contributed by atoms with Crippen molar-refractivity contribution in [2.24, 2.45) is 0 Å². The van der Waals surface area contributed by atoms with Crippen molar-refractivity contribution >= 4 is 15.9 Å². The van der Waals surface area contributed by atoms with Crippen LogP contribution in [-0.2, 0) is 0 Å². The third-order valence-corrected chi connectivity index (χ3v) is 1.38. The van der Waals surface area contributed by atoms with Gasteiger partial charge in [-0.25, -0.2) is 9.97 Å². The van der Waals surface area contributed by atoms with Gasteiger partial charge in [0.05, 0.1) is 0 Å². The highest BCUT2D eigenvalue weighted by Gasteiger charge is 2.32. The lowest BCUT2D eigenvalue weighted by molar-refractivity contribution is -0.276. The molecule has 0 aliphatic rings. The summed E-state index contributed by atoms with van der Waals surface area (Å²) >= 11 is 2.75. The molecule has 0 unspecified atom stereocenters. The van der Waals surface area contributed by atoms with Crippen molar-refractivity contribution in [3.8, 4) is 5.88 Å². The third-order valence-electron chi connectivity index (χ3n) is 0.835. The monoisotopic (exact) mass is 242 g/mol. The van der Waals surface area contributed by atoms with Crippen LogP contribution in [0.2, 0.25) is 0 Å². The van der Waals surface area contributed by atoms with Crippen LogP contribution in [0, 0.1) is 0 Å². The van der Waals surface area contributed by atoms with Crippen molar-refractivity contribution in [1.82, 2.24) is 9.97 Å². The molecule has 1 heterocycles. The highest BCUT2D eigenvalue weighted by Crippen LogP contribution is 2.25. The summed E-state index contributed by atoms with van der Waals surface area (Å²) in [6, 6.07) is 0. The molecular weight excluding hydrogens is 241 g/mol. The summed E-state index contributed by atoms with van der Waals surface area (Å²) in [7, 11) is 0. The quantitative estimate of drug-likeness (QED) is 0.757. The van der Waals surface area contributed by atoms with E-state index in [1.54, 1.807) is 0 Å². The fourth-order valence-corrected chi connectivity index (χ4v) is 0.788. The molecule has 0 bridgehead atoms. The van der Waals surface area contributed by atoms with Gasteiger partial charge in [-0.05, 0) is 15.9 Å². The van der Waals surface area contributed by atoms with Crippen molar-refractivity contribution in [2.45, 2.75) is 6.36 Å². The van der Waals surface area contributed by atoms with Crippen molar-refractivity contribution in [2.75, 3.05) is 0 Å². The number of hydrogen-bond donors (Lipinski definition) is 0. The highest BCUT2D eigenvalue weighted by atomic mass is 79.9. The molecule has 0 aromatic carbocycles. The Bertz CT molecular complexity index is 278. The van der Waals surface area contributed by atoms with Crippen molar-refractivity contribution in [3.05, 3.63) is 17.0 Å². The zero-order chi connectivity index (χ0) is 9.19. The standard InChI is InChI=1S/C5H2BrF3N2O/c6-3-4(11-2-1-10-3)12-5(7,8)9/h1-2H. The molecule has 0 amide bonds. The Morgan fingerprint density at radius 3 is 2.33 bits per heavy atom. The van der Waals surface area contributed by atoms with Gasteiger partial charge in [-0.15, -0.1) is 13.2 Å². The van der Waals surface area contributed by atoms with Gasteiger partial charge in [0.2, 0.25) is 0 Å². The molecule has 0 saturated heterocycles. The summed E-state index contributed by atoms with van der Waals surface area (Å²) in [5.74, 6) is -0.593. The highest BCUT2D eigenvalue weighted by molar-refractivity contribution is 9.10. The van der Waals surface area contributed by atoms with Crippen LogP contribution in [0.4, 0.5) is 13.2 Å². The summed E-state index contributed by atoms with van der Waals surface area (Å²) < 4.78 is 38.3. The minimum absolute atomic E-state index is 0.0812. The van der Waals surface area contributed by atoms with Crippen LogP contribution in [0.15, 0.2) is 17.0 Å². The molecule has 1 aromatic heterocycles. The molecule has 3 nitrogen and oxygen atoms in total. The SMILES string of the molecule is FC(F)(F)Oc1nccnc1Br. The Kier molecular flexibility index (Phi) is 2.51. The molecule has 0 spiro atoms. The molecule has 12 heavy (non-hydrogen) atoms. The van der Waals surface area contributed by atoms with E-state index >= 15 is 0 Å². The molecular formula is C5H2BrF3N2O. The topological polar surface area (TPSA) is 35.0 Å². The molecule has 0 radical (unpaired) electrons. The van der Waals surface area contributed by atoms with Crippen LogP contribution < -0.4 is 4.74 Å². The zero-order valence-electron chi connectivity index (χ0n) is 5.47. The van der Waals surface area contributed by atoms with Crippen molar-refractivity contribution < 1.29 is 17.9 Å². The lowest BCUT2D eigenvalue weighted by atomic mass is 10.7. The first kappa shape index (κ1) is 9.24. The number of hydrogen-bond acceptors (Lipinski definition) is 3. The second-order valence-corrected chi connectivity index (χ2v) is 2.45. The Morgan fingerprint density at radius 2 is 1.83 bits per heavy atom. The number of alkyl halides is 3. The number of halogens is 4.